The van der Waals surface area contributed by atoms with E-state index in [1.807, 2.05) is 30.3 Å². The molecule has 0 fully saturated rings. The third kappa shape index (κ3) is 5.52. The standard InChI is InChI=1S/C30H25N3O7S/c1-18-26(29(35)39-3)27(21-12-13-23(24(16-21)38-2)40-17-19-8-5-4-6-9-19)32-28(34)25(41-30(32)31-18)15-20-10-7-11-22(14-20)33(36)37/h4-16,27H,17H2,1-3H3. The molecular formula is C30H25N3O7S. The van der Waals surface area contributed by atoms with Crippen molar-refractivity contribution >= 4 is 29.1 Å². The topological polar surface area (TPSA) is 122 Å². The van der Waals surface area contributed by atoms with E-state index in [0.717, 1.165) is 16.9 Å². The van der Waals surface area contributed by atoms with Gasteiger partial charge in [-0.15, -0.1) is 0 Å². The zero-order chi connectivity index (χ0) is 29.1. The van der Waals surface area contributed by atoms with Crippen LogP contribution in [0.3, 0.4) is 0 Å². The monoisotopic (exact) mass is 571 g/mol. The number of allylic oxidation sites excluding steroid dienone is 1. The van der Waals surface area contributed by atoms with Gasteiger partial charge in [0, 0.05) is 12.1 Å². The van der Waals surface area contributed by atoms with Gasteiger partial charge in [-0.3, -0.25) is 19.5 Å². The summed E-state index contributed by atoms with van der Waals surface area (Å²) in [7, 11) is 2.79. The normalized spacial score (nSPS) is 14.7. The lowest BCUT2D eigenvalue weighted by Crippen LogP contribution is -2.39. The van der Waals surface area contributed by atoms with Gasteiger partial charge in [0.05, 0.1) is 41.0 Å². The van der Waals surface area contributed by atoms with Crippen molar-refractivity contribution in [3.63, 3.8) is 0 Å². The molecule has 2 heterocycles. The molecule has 0 amide bonds. The van der Waals surface area contributed by atoms with E-state index < -0.39 is 22.5 Å². The Labute approximate surface area is 238 Å². The summed E-state index contributed by atoms with van der Waals surface area (Å²) in [5, 5.41) is 11.2. The van der Waals surface area contributed by atoms with Gasteiger partial charge in [-0.05, 0) is 41.8 Å². The highest BCUT2D eigenvalue weighted by Crippen LogP contribution is 2.36. The molecule has 1 aromatic heterocycles. The highest BCUT2D eigenvalue weighted by Gasteiger charge is 2.33. The van der Waals surface area contributed by atoms with E-state index in [-0.39, 0.29) is 11.3 Å². The van der Waals surface area contributed by atoms with Gasteiger partial charge in [0.1, 0.15) is 6.61 Å². The first-order chi connectivity index (χ1) is 19.8. The van der Waals surface area contributed by atoms with Crippen LogP contribution in [0.2, 0.25) is 0 Å². The molecule has 0 radical (unpaired) electrons. The van der Waals surface area contributed by atoms with Crippen molar-refractivity contribution in [2.24, 2.45) is 4.99 Å². The minimum atomic E-state index is -0.858. The van der Waals surface area contributed by atoms with Gasteiger partial charge in [0.2, 0.25) is 0 Å². The molecule has 0 N–H and O–H groups in total. The van der Waals surface area contributed by atoms with Crippen LogP contribution in [0, 0.1) is 10.1 Å². The number of hydrogen-bond acceptors (Lipinski definition) is 9. The smallest absolute Gasteiger partial charge is 0.338 e. The predicted molar refractivity (Wildman–Crippen MR) is 153 cm³/mol. The lowest BCUT2D eigenvalue weighted by Gasteiger charge is -2.25. The van der Waals surface area contributed by atoms with E-state index in [0.29, 0.717) is 44.3 Å². The van der Waals surface area contributed by atoms with Crippen LogP contribution in [0.15, 0.2) is 93.9 Å². The number of carbonyl (C=O) groups is 1. The highest BCUT2D eigenvalue weighted by atomic mass is 32.1. The van der Waals surface area contributed by atoms with E-state index in [1.54, 1.807) is 43.3 Å². The maximum atomic E-state index is 13.8. The molecule has 0 saturated heterocycles. The summed E-state index contributed by atoms with van der Waals surface area (Å²) in [6, 6.07) is 20.1. The largest absolute Gasteiger partial charge is 0.493 e. The Balaban J connectivity index is 1.62. The number of methoxy groups -OCH3 is 2. The number of aromatic nitrogens is 1. The fraction of sp³-hybridized carbons (Fsp3) is 0.167. The number of fused-ring (bicyclic) bond motifs is 1. The Morgan fingerprint density at radius 3 is 2.56 bits per heavy atom. The summed E-state index contributed by atoms with van der Waals surface area (Å²) in [6.07, 6.45) is 1.58. The molecule has 41 heavy (non-hydrogen) atoms. The van der Waals surface area contributed by atoms with Crippen LogP contribution >= 0.6 is 11.3 Å². The molecule has 0 spiro atoms. The summed E-state index contributed by atoms with van der Waals surface area (Å²) in [5.74, 6) is 0.308. The zero-order valence-corrected chi connectivity index (χ0v) is 23.2. The number of rotatable bonds is 8. The van der Waals surface area contributed by atoms with Gasteiger partial charge in [-0.1, -0.05) is 59.9 Å². The summed E-state index contributed by atoms with van der Waals surface area (Å²) in [4.78, 5) is 42.4. The van der Waals surface area contributed by atoms with Crippen LogP contribution in [-0.4, -0.2) is 29.7 Å². The second kappa shape index (κ2) is 11.6. The van der Waals surface area contributed by atoms with E-state index in [9.17, 15) is 19.7 Å². The number of hydrogen-bond donors (Lipinski definition) is 0. The van der Waals surface area contributed by atoms with Crippen LogP contribution in [0.25, 0.3) is 6.08 Å². The first kappa shape index (κ1) is 27.5. The van der Waals surface area contributed by atoms with Crippen LogP contribution in [0.1, 0.15) is 29.7 Å². The van der Waals surface area contributed by atoms with E-state index in [2.05, 4.69) is 4.99 Å². The van der Waals surface area contributed by atoms with Crippen LogP contribution in [-0.2, 0) is 16.1 Å². The Morgan fingerprint density at radius 2 is 1.85 bits per heavy atom. The van der Waals surface area contributed by atoms with Gasteiger partial charge >= 0.3 is 5.97 Å². The number of carbonyl (C=O) groups excluding carboxylic acids is 1. The van der Waals surface area contributed by atoms with Gasteiger partial charge < -0.3 is 14.2 Å². The number of nitrogens with zero attached hydrogens (tertiary/aromatic N) is 3. The third-order valence-corrected chi connectivity index (χ3v) is 7.53. The second-order valence-corrected chi connectivity index (χ2v) is 10.1. The van der Waals surface area contributed by atoms with Gasteiger partial charge in [0.25, 0.3) is 11.2 Å². The number of esters is 1. The van der Waals surface area contributed by atoms with Crippen LogP contribution in [0.5, 0.6) is 11.5 Å². The van der Waals surface area contributed by atoms with Crippen molar-refractivity contribution in [3.8, 4) is 11.5 Å². The Morgan fingerprint density at radius 1 is 1.07 bits per heavy atom. The number of thiazole rings is 1. The Kier molecular flexibility index (Phi) is 7.79. The van der Waals surface area contributed by atoms with E-state index in [4.69, 9.17) is 14.2 Å². The van der Waals surface area contributed by atoms with Crippen LogP contribution in [0.4, 0.5) is 5.69 Å². The fourth-order valence-corrected chi connectivity index (χ4v) is 5.64. The molecule has 1 aliphatic rings. The number of non-ortho nitro benzene ring substituents is 1. The lowest BCUT2D eigenvalue weighted by molar-refractivity contribution is -0.384. The molecular weight excluding hydrogens is 546 g/mol. The first-order valence-electron chi connectivity index (χ1n) is 12.5. The minimum absolute atomic E-state index is 0.0881. The van der Waals surface area contributed by atoms with Crippen molar-refractivity contribution in [1.29, 1.82) is 0 Å². The number of nitro groups is 1. The van der Waals surface area contributed by atoms with Crippen molar-refractivity contribution in [3.05, 3.63) is 131 Å². The summed E-state index contributed by atoms with van der Waals surface area (Å²) >= 11 is 1.13. The maximum Gasteiger partial charge on any atom is 0.338 e. The van der Waals surface area contributed by atoms with E-state index >= 15 is 0 Å². The lowest BCUT2D eigenvalue weighted by atomic mass is 9.95. The summed E-state index contributed by atoms with van der Waals surface area (Å²) < 4.78 is 18.4. The number of nitro benzene ring substituents is 1. The molecule has 0 saturated carbocycles. The average molecular weight is 572 g/mol. The maximum absolute atomic E-state index is 13.8. The summed E-state index contributed by atoms with van der Waals surface area (Å²) in [5.41, 5.74) is 2.20. The molecule has 1 aliphatic heterocycles. The molecule has 208 valence electrons. The second-order valence-electron chi connectivity index (χ2n) is 9.11. The quantitative estimate of drug-likeness (QED) is 0.179. The minimum Gasteiger partial charge on any atom is -0.493 e. The van der Waals surface area contributed by atoms with Crippen LogP contribution < -0.4 is 24.4 Å². The molecule has 0 aliphatic carbocycles. The van der Waals surface area contributed by atoms with Crippen molar-refractivity contribution in [2.45, 2.75) is 19.6 Å². The molecule has 0 bridgehead atoms. The van der Waals surface area contributed by atoms with E-state index in [1.165, 1.54) is 30.9 Å². The van der Waals surface area contributed by atoms with Crippen molar-refractivity contribution < 1.29 is 23.9 Å². The number of ether oxygens (including phenoxy) is 3. The molecule has 1 unspecified atom stereocenters. The van der Waals surface area contributed by atoms with Gasteiger partial charge in [0.15, 0.2) is 16.3 Å². The van der Waals surface area contributed by atoms with Gasteiger partial charge in [-0.2, -0.15) is 0 Å². The molecule has 11 heteroatoms. The zero-order valence-electron chi connectivity index (χ0n) is 22.4. The Hall–Kier alpha value is -5.03. The van der Waals surface area contributed by atoms with Gasteiger partial charge in [-0.25, -0.2) is 9.79 Å². The third-order valence-electron chi connectivity index (χ3n) is 6.55. The molecule has 1 atom stereocenters. The molecule has 10 nitrogen and oxygen atoms in total. The Bertz CT molecular complexity index is 1860. The average Bonchev–Trinajstić information content (AvgIpc) is 3.29. The predicted octanol–water partition coefficient (Wildman–Crippen LogP) is 3.90. The molecule has 5 rings (SSSR count). The van der Waals surface area contributed by atoms with Crippen molar-refractivity contribution in [1.82, 2.24) is 4.57 Å². The van der Waals surface area contributed by atoms with Crippen molar-refractivity contribution in [2.75, 3.05) is 14.2 Å². The first-order valence-corrected chi connectivity index (χ1v) is 13.3. The molecule has 3 aromatic carbocycles. The highest BCUT2D eigenvalue weighted by molar-refractivity contribution is 7.07. The number of benzene rings is 3. The summed E-state index contributed by atoms with van der Waals surface area (Å²) in [6.45, 7) is 2.02. The molecule has 4 aromatic rings. The fourth-order valence-electron chi connectivity index (χ4n) is 4.60. The SMILES string of the molecule is COC(=O)C1=C(C)N=c2sc(=Cc3cccc([N+](=O)[O-])c3)c(=O)n2C1c1ccc(OCc2ccccc2)c(OC)c1.